The van der Waals surface area contributed by atoms with Gasteiger partial charge >= 0.3 is 5.97 Å². The predicted molar refractivity (Wildman–Crippen MR) is 96.4 cm³/mol. The molecular formula is C20H20N2O4. The van der Waals surface area contributed by atoms with Gasteiger partial charge in [0.15, 0.2) is 0 Å². The first-order valence-corrected chi connectivity index (χ1v) is 8.13. The molecule has 6 heteroatoms. The van der Waals surface area contributed by atoms with E-state index in [1.165, 1.54) is 14.2 Å². The van der Waals surface area contributed by atoms with Gasteiger partial charge in [-0.1, -0.05) is 30.3 Å². The number of rotatable bonds is 7. The minimum atomic E-state index is -0.462. The van der Waals surface area contributed by atoms with Gasteiger partial charge in [0.1, 0.15) is 23.9 Å². The van der Waals surface area contributed by atoms with Crippen molar-refractivity contribution >= 4 is 5.97 Å². The molecule has 1 heterocycles. The van der Waals surface area contributed by atoms with E-state index in [1.54, 1.807) is 24.4 Å². The Bertz CT molecular complexity index is 852. The van der Waals surface area contributed by atoms with Gasteiger partial charge < -0.3 is 18.8 Å². The number of ether oxygens (including phenoxy) is 3. The van der Waals surface area contributed by atoms with E-state index in [1.807, 2.05) is 41.1 Å². The van der Waals surface area contributed by atoms with Gasteiger partial charge in [0.25, 0.3) is 0 Å². The number of hydrogen-bond acceptors (Lipinski definition) is 5. The van der Waals surface area contributed by atoms with Crippen molar-refractivity contribution in [3.8, 4) is 11.5 Å². The fraction of sp³-hybridized carbons (Fsp3) is 0.200. The highest BCUT2D eigenvalue weighted by molar-refractivity contribution is 5.90. The number of esters is 1. The van der Waals surface area contributed by atoms with E-state index in [0.29, 0.717) is 29.4 Å². The average Bonchev–Trinajstić information content (AvgIpc) is 3.13. The molecule has 0 aliphatic heterocycles. The largest absolute Gasteiger partial charge is 0.497 e. The van der Waals surface area contributed by atoms with Crippen LogP contribution in [0.15, 0.2) is 60.9 Å². The molecule has 0 saturated carbocycles. The second-order valence-electron chi connectivity index (χ2n) is 5.63. The lowest BCUT2D eigenvalue weighted by Gasteiger charge is -2.10. The number of imidazole rings is 1. The Morgan fingerprint density at radius 1 is 1.04 bits per heavy atom. The van der Waals surface area contributed by atoms with Crippen LogP contribution in [0, 0.1) is 0 Å². The van der Waals surface area contributed by atoms with Gasteiger partial charge in [0, 0.05) is 25.0 Å². The number of aromatic nitrogens is 2. The molecule has 1 aromatic heterocycles. The van der Waals surface area contributed by atoms with Gasteiger partial charge in [-0.05, 0) is 17.7 Å². The highest BCUT2D eigenvalue weighted by Crippen LogP contribution is 2.23. The van der Waals surface area contributed by atoms with Crippen molar-refractivity contribution in [2.75, 3.05) is 14.2 Å². The van der Waals surface area contributed by atoms with E-state index in [2.05, 4.69) is 4.98 Å². The van der Waals surface area contributed by atoms with E-state index in [0.717, 1.165) is 5.56 Å². The lowest BCUT2D eigenvalue weighted by Crippen LogP contribution is -2.10. The summed E-state index contributed by atoms with van der Waals surface area (Å²) in [5, 5.41) is 0. The van der Waals surface area contributed by atoms with Gasteiger partial charge in [-0.15, -0.1) is 0 Å². The number of nitrogens with zero attached hydrogens (tertiary/aromatic N) is 2. The Morgan fingerprint density at radius 2 is 1.73 bits per heavy atom. The summed E-state index contributed by atoms with van der Waals surface area (Å²) in [6, 6.07) is 15.0. The van der Waals surface area contributed by atoms with Crippen molar-refractivity contribution in [1.82, 2.24) is 9.55 Å². The molecule has 0 atom stereocenters. The Kier molecular flexibility index (Phi) is 5.53. The lowest BCUT2D eigenvalue weighted by molar-refractivity contribution is 0.0457. The summed E-state index contributed by atoms with van der Waals surface area (Å²) in [6.45, 7) is 0.749. The monoisotopic (exact) mass is 352 g/mol. The number of carbonyl (C=O) groups is 1. The Labute approximate surface area is 152 Å². The molecule has 3 aromatic rings. The fourth-order valence-electron chi connectivity index (χ4n) is 2.54. The molecule has 0 radical (unpaired) electrons. The maximum atomic E-state index is 12.4. The molecule has 0 N–H and O–H groups in total. The van der Waals surface area contributed by atoms with Gasteiger partial charge in [0.2, 0.25) is 0 Å². The van der Waals surface area contributed by atoms with Crippen LogP contribution in [-0.2, 0) is 17.9 Å². The predicted octanol–water partition coefficient (Wildman–Crippen LogP) is 3.31. The van der Waals surface area contributed by atoms with E-state index >= 15 is 0 Å². The lowest BCUT2D eigenvalue weighted by atomic mass is 10.2. The third-order valence-electron chi connectivity index (χ3n) is 3.92. The molecule has 0 bridgehead atoms. The fourth-order valence-corrected chi connectivity index (χ4v) is 2.54. The zero-order valence-electron chi connectivity index (χ0n) is 14.7. The highest BCUT2D eigenvalue weighted by Gasteiger charge is 2.13. The van der Waals surface area contributed by atoms with Crippen molar-refractivity contribution in [1.29, 1.82) is 0 Å². The molecule has 26 heavy (non-hydrogen) atoms. The van der Waals surface area contributed by atoms with Crippen LogP contribution < -0.4 is 9.47 Å². The summed E-state index contributed by atoms with van der Waals surface area (Å²) in [7, 11) is 3.06. The van der Waals surface area contributed by atoms with Gasteiger partial charge in [-0.2, -0.15) is 0 Å². The van der Waals surface area contributed by atoms with Crippen LogP contribution in [0.1, 0.15) is 21.7 Å². The molecule has 0 unspecified atom stereocenters. The maximum Gasteiger partial charge on any atom is 0.338 e. The van der Waals surface area contributed by atoms with Crippen molar-refractivity contribution in [3.63, 3.8) is 0 Å². The summed E-state index contributed by atoms with van der Waals surface area (Å²) < 4.78 is 17.7. The standard InChI is InChI=1S/C20H20N2O4/c1-24-17-10-16(11-18(12-17)25-2)20(23)26-14-19-21-8-9-22(19)13-15-6-4-3-5-7-15/h3-12H,13-14H2,1-2H3. The summed E-state index contributed by atoms with van der Waals surface area (Å²) >= 11 is 0. The number of hydrogen-bond donors (Lipinski definition) is 0. The number of benzene rings is 2. The minimum absolute atomic E-state index is 0.0815. The van der Waals surface area contributed by atoms with Crippen molar-refractivity contribution in [3.05, 3.63) is 77.9 Å². The molecule has 3 rings (SSSR count). The zero-order chi connectivity index (χ0) is 18.4. The van der Waals surface area contributed by atoms with Crippen molar-refractivity contribution in [2.24, 2.45) is 0 Å². The Morgan fingerprint density at radius 3 is 2.38 bits per heavy atom. The Balaban J connectivity index is 1.68. The van der Waals surface area contributed by atoms with Gasteiger partial charge in [-0.25, -0.2) is 9.78 Å². The van der Waals surface area contributed by atoms with Gasteiger partial charge in [-0.3, -0.25) is 0 Å². The smallest absolute Gasteiger partial charge is 0.338 e. The van der Waals surface area contributed by atoms with Crippen LogP contribution in [0.4, 0.5) is 0 Å². The quantitative estimate of drug-likeness (QED) is 0.611. The average molecular weight is 352 g/mol. The third kappa shape index (κ3) is 4.22. The van der Waals surface area contributed by atoms with Crippen molar-refractivity contribution in [2.45, 2.75) is 13.2 Å². The van der Waals surface area contributed by atoms with E-state index < -0.39 is 5.97 Å². The second-order valence-corrected chi connectivity index (χ2v) is 5.63. The summed E-state index contributed by atoms with van der Waals surface area (Å²) in [5.74, 6) is 1.28. The molecule has 0 spiro atoms. The molecule has 134 valence electrons. The SMILES string of the molecule is COc1cc(OC)cc(C(=O)OCc2nccn2Cc2ccccc2)c1. The molecule has 0 fully saturated rings. The third-order valence-corrected chi connectivity index (χ3v) is 3.92. The molecule has 0 aliphatic rings. The van der Waals surface area contributed by atoms with Crippen LogP contribution in [0.25, 0.3) is 0 Å². The first-order chi connectivity index (χ1) is 12.7. The summed E-state index contributed by atoms with van der Waals surface area (Å²) in [4.78, 5) is 16.7. The van der Waals surface area contributed by atoms with E-state index in [4.69, 9.17) is 14.2 Å². The van der Waals surface area contributed by atoms with Gasteiger partial charge in [0.05, 0.1) is 19.8 Å². The Hall–Kier alpha value is -3.28. The number of methoxy groups -OCH3 is 2. The van der Waals surface area contributed by atoms with Crippen molar-refractivity contribution < 1.29 is 19.0 Å². The zero-order valence-corrected chi connectivity index (χ0v) is 14.7. The second kappa shape index (κ2) is 8.20. The highest BCUT2D eigenvalue weighted by atomic mass is 16.5. The summed E-state index contributed by atoms with van der Waals surface area (Å²) in [6.07, 6.45) is 3.56. The first-order valence-electron chi connectivity index (χ1n) is 8.13. The van der Waals surface area contributed by atoms with Crippen LogP contribution >= 0.6 is 0 Å². The molecule has 0 aliphatic carbocycles. The molecular weight excluding hydrogens is 332 g/mol. The minimum Gasteiger partial charge on any atom is -0.497 e. The number of carbonyl (C=O) groups excluding carboxylic acids is 1. The molecule has 2 aromatic carbocycles. The molecule has 0 amide bonds. The van der Waals surface area contributed by atoms with Crippen LogP contribution in [0.2, 0.25) is 0 Å². The van der Waals surface area contributed by atoms with Crippen LogP contribution in [-0.4, -0.2) is 29.7 Å². The maximum absolute atomic E-state index is 12.4. The van der Waals surface area contributed by atoms with E-state index in [-0.39, 0.29) is 6.61 Å². The van der Waals surface area contributed by atoms with E-state index in [9.17, 15) is 4.79 Å². The summed E-state index contributed by atoms with van der Waals surface area (Å²) in [5.41, 5.74) is 1.51. The molecule has 6 nitrogen and oxygen atoms in total. The van der Waals surface area contributed by atoms with Crippen LogP contribution in [0.3, 0.4) is 0 Å². The first kappa shape index (κ1) is 17.5. The molecule has 0 saturated heterocycles. The van der Waals surface area contributed by atoms with Crippen LogP contribution in [0.5, 0.6) is 11.5 Å². The topological polar surface area (TPSA) is 62.6 Å². The normalized spacial score (nSPS) is 10.4.